The summed E-state index contributed by atoms with van der Waals surface area (Å²) in [6.07, 6.45) is 1.38. The maximum atomic E-state index is 12.7. The van der Waals surface area contributed by atoms with Crippen LogP contribution in [0.3, 0.4) is 0 Å². The Kier molecular flexibility index (Phi) is 8.05. The molecule has 1 amide bonds. The van der Waals surface area contributed by atoms with Crippen LogP contribution >= 0.6 is 27.7 Å². The van der Waals surface area contributed by atoms with Crippen molar-refractivity contribution in [1.82, 2.24) is 9.99 Å². The molecule has 0 saturated heterocycles. The van der Waals surface area contributed by atoms with Crippen LogP contribution in [0.15, 0.2) is 71.2 Å². The highest BCUT2D eigenvalue weighted by molar-refractivity contribution is 9.10. The number of carbonyl (C=O) groups excluding carboxylic acids is 1. The van der Waals surface area contributed by atoms with Crippen LogP contribution in [0.25, 0.3) is 0 Å². The van der Waals surface area contributed by atoms with Crippen molar-refractivity contribution in [3.8, 4) is 6.07 Å². The van der Waals surface area contributed by atoms with Crippen LogP contribution in [0.1, 0.15) is 22.6 Å². The second-order valence-corrected chi connectivity index (χ2v) is 8.43. The molecule has 32 heavy (non-hydrogen) atoms. The molecule has 8 nitrogen and oxygen atoms in total. The number of ether oxygens (including phenoxy) is 1. The van der Waals surface area contributed by atoms with Gasteiger partial charge in [0.1, 0.15) is 23.9 Å². The molecule has 0 atom stereocenters. The Morgan fingerprint density at radius 2 is 2.09 bits per heavy atom. The highest BCUT2D eigenvalue weighted by Gasteiger charge is 2.19. The SMILES string of the molecule is COCc1c(Br)c(C)n(CC(=O)N/N=C\c2ccc(Sc3ccccc3)o2)c(=O)c1C#N. The average Bonchev–Trinajstić information content (AvgIpc) is 3.23. The summed E-state index contributed by atoms with van der Waals surface area (Å²) >= 11 is 4.86. The fraction of sp³-hybridized carbons (Fsp3) is 0.182. The molecule has 0 aliphatic heterocycles. The Balaban J connectivity index is 1.67. The van der Waals surface area contributed by atoms with Gasteiger partial charge in [-0.25, -0.2) is 5.43 Å². The van der Waals surface area contributed by atoms with Crippen LogP contribution < -0.4 is 11.0 Å². The first kappa shape index (κ1) is 23.5. The molecule has 2 aromatic heterocycles. The molecule has 0 radical (unpaired) electrons. The highest BCUT2D eigenvalue weighted by atomic mass is 79.9. The number of methoxy groups -OCH3 is 1. The summed E-state index contributed by atoms with van der Waals surface area (Å²) in [7, 11) is 1.47. The summed E-state index contributed by atoms with van der Waals surface area (Å²) < 4.78 is 12.5. The lowest BCUT2D eigenvalue weighted by atomic mass is 10.1. The summed E-state index contributed by atoms with van der Waals surface area (Å²) in [5.41, 5.74) is 2.70. The van der Waals surface area contributed by atoms with Crippen LogP contribution in [0.4, 0.5) is 0 Å². The number of rotatable bonds is 8. The Morgan fingerprint density at radius 1 is 1.34 bits per heavy atom. The van der Waals surface area contributed by atoms with Gasteiger partial charge in [0, 0.05) is 27.7 Å². The van der Waals surface area contributed by atoms with Gasteiger partial charge in [0.15, 0.2) is 5.09 Å². The zero-order valence-corrected chi connectivity index (χ0v) is 19.7. The lowest BCUT2D eigenvalue weighted by molar-refractivity contribution is -0.121. The normalized spacial score (nSPS) is 10.9. The maximum absolute atomic E-state index is 12.7. The minimum atomic E-state index is -0.562. The molecular formula is C22H19BrN4O4S. The van der Waals surface area contributed by atoms with Crippen molar-refractivity contribution in [2.75, 3.05) is 7.11 Å². The van der Waals surface area contributed by atoms with Crippen molar-refractivity contribution in [2.45, 2.75) is 30.1 Å². The van der Waals surface area contributed by atoms with Gasteiger partial charge < -0.3 is 13.7 Å². The fourth-order valence-electron chi connectivity index (χ4n) is 2.86. The van der Waals surface area contributed by atoms with Gasteiger partial charge in [-0.3, -0.25) is 9.59 Å². The van der Waals surface area contributed by atoms with Gasteiger partial charge in [-0.1, -0.05) is 30.0 Å². The van der Waals surface area contributed by atoms with Crippen LogP contribution in [-0.2, 0) is 22.7 Å². The molecule has 1 N–H and O–H groups in total. The van der Waals surface area contributed by atoms with E-state index in [1.807, 2.05) is 42.5 Å². The molecule has 0 spiro atoms. The number of pyridine rings is 1. The van der Waals surface area contributed by atoms with Crippen molar-refractivity contribution in [1.29, 1.82) is 5.26 Å². The standard InChI is InChI=1S/C22H19BrN4O4S/c1-14-21(23)18(13-30-2)17(10-24)22(29)27(14)12-19(28)26-25-11-15-8-9-20(31-15)32-16-6-4-3-5-7-16/h3-9,11H,12-13H2,1-2H3,(H,26,28)/b25-11-. The minimum Gasteiger partial charge on any atom is -0.448 e. The van der Waals surface area contributed by atoms with E-state index in [0.29, 0.717) is 26.6 Å². The maximum Gasteiger partial charge on any atom is 0.269 e. The zero-order valence-electron chi connectivity index (χ0n) is 17.3. The van der Waals surface area contributed by atoms with E-state index in [1.165, 1.54) is 29.7 Å². The monoisotopic (exact) mass is 514 g/mol. The first-order chi connectivity index (χ1) is 15.4. The molecule has 0 aliphatic carbocycles. The number of nitriles is 1. The van der Waals surface area contributed by atoms with Crippen LogP contribution in [0.5, 0.6) is 0 Å². The largest absolute Gasteiger partial charge is 0.448 e. The molecule has 0 fully saturated rings. The van der Waals surface area contributed by atoms with E-state index in [2.05, 4.69) is 26.5 Å². The number of halogens is 1. The number of hydrogen-bond donors (Lipinski definition) is 1. The topological polar surface area (TPSA) is 110 Å². The quantitative estimate of drug-likeness (QED) is 0.361. The molecule has 1 aromatic carbocycles. The first-order valence-electron chi connectivity index (χ1n) is 9.40. The number of nitrogens with one attached hydrogen (secondary N) is 1. The Bertz CT molecular complexity index is 1250. The molecule has 10 heteroatoms. The van der Waals surface area contributed by atoms with E-state index in [4.69, 9.17) is 9.15 Å². The van der Waals surface area contributed by atoms with Crippen molar-refractivity contribution in [2.24, 2.45) is 5.10 Å². The van der Waals surface area contributed by atoms with Gasteiger partial charge in [0.2, 0.25) is 0 Å². The van der Waals surface area contributed by atoms with E-state index in [9.17, 15) is 14.9 Å². The van der Waals surface area contributed by atoms with Crippen molar-refractivity contribution in [3.05, 3.63) is 79.9 Å². The number of nitrogens with zero attached hydrogens (tertiary/aromatic N) is 3. The smallest absolute Gasteiger partial charge is 0.269 e. The number of furan rings is 1. The third-order valence-corrected chi connectivity index (χ3v) is 6.38. The van der Waals surface area contributed by atoms with Gasteiger partial charge in [-0.15, -0.1) is 0 Å². The summed E-state index contributed by atoms with van der Waals surface area (Å²) in [5, 5.41) is 14.0. The number of carbonyl (C=O) groups is 1. The van der Waals surface area contributed by atoms with E-state index in [1.54, 1.807) is 13.0 Å². The van der Waals surface area contributed by atoms with Gasteiger partial charge in [-0.05, 0) is 47.1 Å². The molecule has 3 aromatic rings. The van der Waals surface area contributed by atoms with E-state index < -0.39 is 11.5 Å². The van der Waals surface area contributed by atoms with Gasteiger partial charge in [0.25, 0.3) is 11.5 Å². The average molecular weight is 515 g/mol. The number of benzene rings is 1. The highest BCUT2D eigenvalue weighted by Crippen LogP contribution is 2.28. The van der Waals surface area contributed by atoms with Gasteiger partial charge in [0.05, 0.1) is 12.8 Å². The summed E-state index contributed by atoms with van der Waals surface area (Å²) in [6.45, 7) is 1.48. The predicted octanol–water partition coefficient (Wildman–Crippen LogP) is 3.83. The number of aromatic nitrogens is 1. The van der Waals surface area contributed by atoms with Crippen molar-refractivity contribution >= 4 is 39.8 Å². The van der Waals surface area contributed by atoms with Crippen molar-refractivity contribution in [3.63, 3.8) is 0 Å². The van der Waals surface area contributed by atoms with E-state index in [-0.39, 0.29) is 18.7 Å². The number of hydrazone groups is 1. The third-order valence-electron chi connectivity index (χ3n) is 4.40. The Morgan fingerprint density at radius 3 is 2.78 bits per heavy atom. The van der Waals surface area contributed by atoms with Crippen molar-refractivity contribution < 1.29 is 13.9 Å². The Labute approximate surface area is 197 Å². The molecule has 3 rings (SSSR count). The minimum absolute atomic E-state index is 0.0698. The molecule has 0 saturated carbocycles. The van der Waals surface area contributed by atoms with Gasteiger partial charge >= 0.3 is 0 Å². The number of hydrogen-bond acceptors (Lipinski definition) is 7. The lowest BCUT2D eigenvalue weighted by Crippen LogP contribution is -2.33. The third kappa shape index (κ3) is 5.56. The second kappa shape index (κ2) is 10.9. The molecular weight excluding hydrogens is 496 g/mol. The summed E-state index contributed by atoms with van der Waals surface area (Å²) in [4.78, 5) is 26.1. The fourth-order valence-corrected chi connectivity index (χ4v) is 4.18. The van der Waals surface area contributed by atoms with E-state index in [0.717, 1.165) is 4.90 Å². The first-order valence-corrected chi connectivity index (χ1v) is 11.0. The zero-order chi connectivity index (χ0) is 23.1. The number of amides is 1. The molecule has 0 bridgehead atoms. The molecule has 164 valence electrons. The predicted molar refractivity (Wildman–Crippen MR) is 124 cm³/mol. The lowest BCUT2D eigenvalue weighted by Gasteiger charge is -2.15. The van der Waals surface area contributed by atoms with E-state index >= 15 is 0 Å². The van der Waals surface area contributed by atoms with Crippen LogP contribution in [0, 0.1) is 18.3 Å². The molecule has 0 unspecified atom stereocenters. The Hall–Kier alpha value is -3.13. The van der Waals surface area contributed by atoms with Crippen LogP contribution in [-0.4, -0.2) is 23.8 Å². The van der Waals surface area contributed by atoms with Gasteiger partial charge in [-0.2, -0.15) is 10.4 Å². The molecule has 2 heterocycles. The summed E-state index contributed by atoms with van der Waals surface area (Å²) in [6, 6.07) is 15.2. The second-order valence-electron chi connectivity index (χ2n) is 6.55. The van der Waals surface area contributed by atoms with Crippen LogP contribution in [0.2, 0.25) is 0 Å². The summed E-state index contributed by atoms with van der Waals surface area (Å²) in [5.74, 6) is -0.0531. The molecule has 0 aliphatic rings.